The minimum absolute atomic E-state index is 0.0144. The van der Waals surface area contributed by atoms with Crippen molar-refractivity contribution in [2.75, 3.05) is 0 Å². The van der Waals surface area contributed by atoms with Crippen LogP contribution in [0, 0.1) is 11.6 Å². The molecule has 15 heavy (non-hydrogen) atoms. The lowest BCUT2D eigenvalue weighted by Crippen LogP contribution is -2.35. The van der Waals surface area contributed by atoms with Gasteiger partial charge in [-0.25, -0.2) is 8.78 Å². The van der Waals surface area contributed by atoms with Crippen LogP contribution in [0.1, 0.15) is 31.4 Å². The van der Waals surface area contributed by atoms with Crippen molar-refractivity contribution >= 4 is 5.78 Å². The first-order valence-electron chi connectivity index (χ1n) is 4.94. The van der Waals surface area contributed by atoms with Gasteiger partial charge in [0.05, 0.1) is 5.41 Å². The van der Waals surface area contributed by atoms with Gasteiger partial charge in [-0.3, -0.25) is 4.79 Å². The van der Waals surface area contributed by atoms with Gasteiger partial charge in [-0.2, -0.15) is 0 Å². The summed E-state index contributed by atoms with van der Waals surface area (Å²) in [6.07, 6.45) is 0.801. The molecule has 2 rings (SSSR count). The summed E-state index contributed by atoms with van der Waals surface area (Å²) < 4.78 is 26.6. The summed E-state index contributed by atoms with van der Waals surface area (Å²) >= 11 is 0. The Kier molecular flexibility index (Phi) is 2.14. The van der Waals surface area contributed by atoms with Crippen molar-refractivity contribution in [1.29, 1.82) is 0 Å². The van der Waals surface area contributed by atoms with E-state index in [0.29, 0.717) is 24.0 Å². The fourth-order valence-electron chi connectivity index (χ4n) is 2.22. The van der Waals surface area contributed by atoms with Crippen LogP contribution in [0.2, 0.25) is 0 Å². The summed E-state index contributed by atoms with van der Waals surface area (Å²) in [6.45, 7) is 3.38. The van der Waals surface area contributed by atoms with Gasteiger partial charge in [0.2, 0.25) is 0 Å². The number of ketones is 1. The summed E-state index contributed by atoms with van der Waals surface area (Å²) in [4.78, 5) is 11.7. The highest BCUT2D eigenvalue weighted by Gasteiger charge is 2.37. The largest absolute Gasteiger partial charge is 0.299 e. The number of Topliss-reactive ketones (excluding diaryl/α,β-unsaturated/α-hetero) is 1. The fourth-order valence-corrected chi connectivity index (χ4v) is 2.22. The molecule has 0 aliphatic heterocycles. The van der Waals surface area contributed by atoms with Gasteiger partial charge in [-0.1, -0.05) is 0 Å². The lowest BCUT2D eigenvalue weighted by atomic mass is 9.71. The van der Waals surface area contributed by atoms with E-state index in [1.165, 1.54) is 6.07 Å². The van der Waals surface area contributed by atoms with Crippen LogP contribution in [0.3, 0.4) is 0 Å². The molecule has 0 bridgehead atoms. The molecule has 0 fully saturated rings. The predicted molar refractivity (Wildman–Crippen MR) is 52.7 cm³/mol. The van der Waals surface area contributed by atoms with Crippen LogP contribution in [0.5, 0.6) is 0 Å². The number of aryl methyl sites for hydroxylation is 1. The molecule has 3 heteroatoms. The van der Waals surface area contributed by atoms with E-state index in [0.717, 1.165) is 6.07 Å². The van der Waals surface area contributed by atoms with Crippen molar-refractivity contribution < 1.29 is 13.6 Å². The van der Waals surface area contributed by atoms with Crippen LogP contribution >= 0.6 is 0 Å². The Bertz CT molecular complexity index is 435. The minimum atomic E-state index is -0.828. The zero-order valence-electron chi connectivity index (χ0n) is 8.73. The molecule has 0 saturated carbocycles. The van der Waals surface area contributed by atoms with E-state index < -0.39 is 17.0 Å². The molecule has 1 aliphatic rings. The molecule has 0 N–H and O–H groups in total. The van der Waals surface area contributed by atoms with Gasteiger partial charge in [-0.15, -0.1) is 0 Å². The quantitative estimate of drug-likeness (QED) is 0.643. The van der Waals surface area contributed by atoms with Gasteiger partial charge in [-0.05, 0) is 31.9 Å². The monoisotopic (exact) mass is 210 g/mol. The molecule has 1 aromatic carbocycles. The molecule has 0 spiro atoms. The summed E-state index contributed by atoms with van der Waals surface area (Å²) in [5.41, 5.74) is 0.156. The highest BCUT2D eigenvalue weighted by Crippen LogP contribution is 2.36. The standard InChI is InChI=1S/C12H12F2O/c1-12(2)10(15)4-3-7-5-8(13)6-9(14)11(7)12/h5-6H,3-4H2,1-2H3. The van der Waals surface area contributed by atoms with Crippen molar-refractivity contribution in [2.45, 2.75) is 32.1 Å². The Morgan fingerprint density at radius 1 is 1.20 bits per heavy atom. The SMILES string of the molecule is CC1(C)C(=O)CCc2cc(F)cc(F)c21. The lowest BCUT2D eigenvalue weighted by molar-refractivity contribution is -0.124. The highest BCUT2D eigenvalue weighted by atomic mass is 19.1. The topological polar surface area (TPSA) is 17.1 Å². The number of benzene rings is 1. The van der Waals surface area contributed by atoms with Crippen molar-refractivity contribution in [1.82, 2.24) is 0 Å². The molecule has 1 aliphatic carbocycles. The number of carbonyl (C=O) groups excluding carboxylic acids is 1. The molecule has 1 nitrogen and oxygen atoms in total. The first-order chi connectivity index (χ1) is 6.93. The zero-order chi connectivity index (χ0) is 11.2. The van der Waals surface area contributed by atoms with Crippen molar-refractivity contribution in [2.24, 2.45) is 0 Å². The minimum Gasteiger partial charge on any atom is -0.299 e. The Morgan fingerprint density at radius 3 is 2.53 bits per heavy atom. The van der Waals surface area contributed by atoms with Crippen molar-refractivity contribution in [3.63, 3.8) is 0 Å². The number of fused-ring (bicyclic) bond motifs is 1. The summed E-state index contributed by atoms with van der Waals surface area (Å²) in [6, 6.07) is 2.17. The van der Waals surface area contributed by atoms with E-state index >= 15 is 0 Å². The number of hydrogen-bond donors (Lipinski definition) is 0. The van der Waals surface area contributed by atoms with Crippen LogP contribution in [0.25, 0.3) is 0 Å². The van der Waals surface area contributed by atoms with Gasteiger partial charge in [0.15, 0.2) is 0 Å². The third-order valence-corrected chi connectivity index (χ3v) is 3.08. The summed E-state index contributed by atoms with van der Waals surface area (Å²) in [7, 11) is 0. The van der Waals surface area contributed by atoms with Crippen LogP contribution in [-0.4, -0.2) is 5.78 Å². The average Bonchev–Trinajstić information content (AvgIpc) is 2.10. The first kappa shape index (κ1) is 10.3. The molecule has 80 valence electrons. The molecular formula is C12H12F2O. The van der Waals surface area contributed by atoms with Crippen LogP contribution in [0.15, 0.2) is 12.1 Å². The Hall–Kier alpha value is -1.25. The van der Waals surface area contributed by atoms with Crippen LogP contribution < -0.4 is 0 Å². The van der Waals surface area contributed by atoms with Gasteiger partial charge in [0.1, 0.15) is 17.4 Å². The normalized spacial score (nSPS) is 18.8. The van der Waals surface area contributed by atoms with Crippen molar-refractivity contribution in [3.05, 3.63) is 34.9 Å². The predicted octanol–water partition coefficient (Wildman–Crippen LogP) is 2.76. The lowest BCUT2D eigenvalue weighted by Gasteiger charge is -2.31. The van der Waals surface area contributed by atoms with E-state index in [2.05, 4.69) is 0 Å². The number of hydrogen-bond acceptors (Lipinski definition) is 1. The Labute approximate surface area is 87.1 Å². The number of rotatable bonds is 0. The smallest absolute Gasteiger partial charge is 0.143 e. The van der Waals surface area contributed by atoms with E-state index in [-0.39, 0.29) is 5.78 Å². The molecule has 0 atom stereocenters. The molecule has 0 saturated heterocycles. The summed E-state index contributed by atoms with van der Waals surface area (Å²) in [5.74, 6) is -1.17. The number of carbonyl (C=O) groups is 1. The average molecular weight is 210 g/mol. The van der Waals surface area contributed by atoms with Crippen LogP contribution in [0.4, 0.5) is 8.78 Å². The Balaban J connectivity index is 2.69. The van der Waals surface area contributed by atoms with Crippen LogP contribution in [-0.2, 0) is 16.6 Å². The van der Waals surface area contributed by atoms with Gasteiger partial charge in [0.25, 0.3) is 0 Å². The molecule has 0 radical (unpaired) electrons. The maximum Gasteiger partial charge on any atom is 0.143 e. The highest BCUT2D eigenvalue weighted by molar-refractivity contribution is 5.91. The molecular weight excluding hydrogens is 198 g/mol. The van der Waals surface area contributed by atoms with E-state index in [9.17, 15) is 13.6 Å². The van der Waals surface area contributed by atoms with Crippen molar-refractivity contribution in [3.8, 4) is 0 Å². The maximum absolute atomic E-state index is 13.6. The van der Waals surface area contributed by atoms with Gasteiger partial charge >= 0.3 is 0 Å². The molecule has 0 aromatic heterocycles. The molecule has 0 heterocycles. The van der Waals surface area contributed by atoms with E-state index in [4.69, 9.17) is 0 Å². The van der Waals surface area contributed by atoms with E-state index in [1.807, 2.05) is 0 Å². The third kappa shape index (κ3) is 1.46. The Morgan fingerprint density at radius 2 is 1.87 bits per heavy atom. The third-order valence-electron chi connectivity index (χ3n) is 3.08. The first-order valence-corrected chi connectivity index (χ1v) is 4.94. The fraction of sp³-hybridized carbons (Fsp3) is 0.417. The number of halogens is 2. The molecule has 1 aromatic rings. The zero-order valence-corrected chi connectivity index (χ0v) is 8.73. The summed E-state index contributed by atoms with van der Waals surface area (Å²) in [5, 5.41) is 0. The molecule has 0 unspecified atom stereocenters. The van der Waals surface area contributed by atoms with Gasteiger partial charge < -0.3 is 0 Å². The van der Waals surface area contributed by atoms with E-state index in [1.54, 1.807) is 13.8 Å². The maximum atomic E-state index is 13.6. The second-order valence-electron chi connectivity index (χ2n) is 4.47. The second kappa shape index (κ2) is 3.12. The second-order valence-corrected chi connectivity index (χ2v) is 4.47. The van der Waals surface area contributed by atoms with Gasteiger partial charge in [0, 0.05) is 18.1 Å². The molecule has 0 amide bonds.